The highest BCUT2D eigenvalue weighted by Crippen LogP contribution is 2.30. The van der Waals surface area contributed by atoms with E-state index < -0.39 is 0 Å². The number of H-pyrrole nitrogens is 1. The molecule has 0 bridgehead atoms. The van der Waals surface area contributed by atoms with Crippen LogP contribution in [-0.2, 0) is 13.5 Å². The molecule has 0 radical (unpaired) electrons. The van der Waals surface area contributed by atoms with Crippen LogP contribution in [0.1, 0.15) is 25.8 Å². The molecule has 6 nitrogen and oxygen atoms in total. The number of nitrogen functional groups attached to an aromatic ring is 1. The van der Waals surface area contributed by atoms with E-state index in [4.69, 9.17) is 15.5 Å². The van der Waals surface area contributed by atoms with Gasteiger partial charge in [0, 0.05) is 18.9 Å². The summed E-state index contributed by atoms with van der Waals surface area (Å²) in [5.41, 5.74) is 9.44. The maximum atomic E-state index is 12.6. The average molecular weight is 326 g/mol. The van der Waals surface area contributed by atoms with Gasteiger partial charge in [0.2, 0.25) is 0 Å². The fourth-order valence-corrected chi connectivity index (χ4v) is 2.97. The lowest BCUT2D eigenvalue weighted by Crippen LogP contribution is -2.12. The lowest BCUT2D eigenvalue weighted by Gasteiger charge is -2.11. The number of aryl methyl sites for hydroxylation is 2. The summed E-state index contributed by atoms with van der Waals surface area (Å²) >= 11 is 0. The Hall–Kier alpha value is -2.76. The Kier molecular flexibility index (Phi) is 4.29. The first-order valence-corrected chi connectivity index (χ1v) is 8.16. The number of ether oxygens (including phenoxy) is 1. The van der Waals surface area contributed by atoms with Crippen molar-refractivity contribution >= 4 is 16.7 Å². The lowest BCUT2D eigenvalue weighted by molar-refractivity contribution is 0.341. The highest BCUT2D eigenvalue weighted by atomic mass is 16.5. The minimum atomic E-state index is -0.162. The third-order valence-electron chi connectivity index (χ3n) is 3.98. The summed E-state index contributed by atoms with van der Waals surface area (Å²) in [6.45, 7) is 4.55. The predicted molar refractivity (Wildman–Crippen MR) is 96.3 cm³/mol. The minimum absolute atomic E-state index is 0.162. The van der Waals surface area contributed by atoms with Crippen LogP contribution in [0.15, 0.2) is 29.2 Å². The summed E-state index contributed by atoms with van der Waals surface area (Å²) in [4.78, 5) is 20.2. The van der Waals surface area contributed by atoms with Gasteiger partial charge in [-0.1, -0.05) is 13.3 Å². The van der Waals surface area contributed by atoms with Crippen LogP contribution in [0, 0.1) is 0 Å². The van der Waals surface area contributed by atoms with Crippen LogP contribution in [0.5, 0.6) is 5.75 Å². The molecule has 2 heterocycles. The second-order valence-electron chi connectivity index (χ2n) is 5.82. The molecule has 0 aliphatic heterocycles. The summed E-state index contributed by atoms with van der Waals surface area (Å²) in [5.74, 6) is 1.13. The molecule has 3 N–H and O–H groups in total. The van der Waals surface area contributed by atoms with Gasteiger partial charge in [-0.3, -0.25) is 4.79 Å². The van der Waals surface area contributed by atoms with Crippen molar-refractivity contribution in [2.24, 2.45) is 7.05 Å². The van der Waals surface area contributed by atoms with Gasteiger partial charge in [-0.15, -0.1) is 0 Å². The van der Waals surface area contributed by atoms with Crippen LogP contribution >= 0.6 is 0 Å². The number of fused-ring (bicyclic) bond motifs is 1. The first-order valence-electron chi connectivity index (χ1n) is 8.16. The van der Waals surface area contributed by atoms with E-state index in [9.17, 15) is 4.79 Å². The summed E-state index contributed by atoms with van der Waals surface area (Å²) < 4.78 is 7.49. The average Bonchev–Trinajstić information content (AvgIpc) is 2.86. The molecule has 0 atom stereocenters. The number of hydrogen-bond donors (Lipinski definition) is 2. The normalized spacial score (nSPS) is 11.1. The zero-order valence-electron chi connectivity index (χ0n) is 14.2. The molecule has 0 aliphatic rings. The predicted octanol–water partition coefficient (Wildman–Crippen LogP) is 2.86. The Bertz CT molecular complexity index is 940. The van der Waals surface area contributed by atoms with Gasteiger partial charge in [0.25, 0.3) is 5.56 Å². The highest BCUT2D eigenvalue weighted by molar-refractivity contribution is 5.82. The third kappa shape index (κ3) is 2.75. The second-order valence-corrected chi connectivity index (χ2v) is 5.82. The van der Waals surface area contributed by atoms with E-state index in [1.807, 2.05) is 24.7 Å². The van der Waals surface area contributed by atoms with Crippen LogP contribution in [0.2, 0.25) is 0 Å². The molecule has 1 aromatic carbocycles. The molecule has 0 unspecified atom stereocenters. The topological polar surface area (TPSA) is 85.9 Å². The van der Waals surface area contributed by atoms with Crippen LogP contribution in [0.25, 0.3) is 22.4 Å². The molecule has 3 aromatic rings. The Morgan fingerprint density at radius 2 is 2.12 bits per heavy atom. The molecule has 2 aromatic heterocycles. The molecule has 0 saturated carbocycles. The Balaban J connectivity index is 2.26. The zero-order valence-corrected chi connectivity index (χ0v) is 14.2. The van der Waals surface area contributed by atoms with E-state index in [0.717, 1.165) is 23.9 Å². The maximum Gasteiger partial charge on any atom is 0.275 e. The first-order chi connectivity index (χ1) is 11.5. The van der Waals surface area contributed by atoms with Crippen molar-refractivity contribution in [1.29, 1.82) is 0 Å². The summed E-state index contributed by atoms with van der Waals surface area (Å²) in [7, 11) is 1.87. The largest absolute Gasteiger partial charge is 0.493 e. The van der Waals surface area contributed by atoms with Gasteiger partial charge in [0.15, 0.2) is 0 Å². The van der Waals surface area contributed by atoms with Crippen molar-refractivity contribution in [2.75, 3.05) is 12.3 Å². The Labute approximate surface area is 140 Å². The number of anilines is 1. The molecule has 0 saturated heterocycles. The summed E-state index contributed by atoms with van der Waals surface area (Å²) in [6, 6.07) is 5.35. The minimum Gasteiger partial charge on any atom is -0.493 e. The molecule has 6 heteroatoms. The molecular weight excluding hydrogens is 304 g/mol. The van der Waals surface area contributed by atoms with E-state index in [1.54, 1.807) is 18.2 Å². The highest BCUT2D eigenvalue weighted by Gasteiger charge is 2.16. The van der Waals surface area contributed by atoms with E-state index in [-0.39, 0.29) is 5.56 Å². The number of aromatic amines is 1. The van der Waals surface area contributed by atoms with E-state index in [0.29, 0.717) is 34.9 Å². The van der Waals surface area contributed by atoms with Crippen molar-refractivity contribution in [1.82, 2.24) is 14.5 Å². The van der Waals surface area contributed by atoms with Crippen molar-refractivity contribution in [2.45, 2.75) is 26.7 Å². The number of rotatable bonds is 5. The van der Waals surface area contributed by atoms with Gasteiger partial charge in [0.05, 0.1) is 17.7 Å². The third-order valence-corrected chi connectivity index (χ3v) is 3.98. The molecule has 0 fully saturated rings. The quantitative estimate of drug-likeness (QED) is 0.706. The van der Waals surface area contributed by atoms with Gasteiger partial charge >= 0.3 is 0 Å². The molecule has 0 aliphatic carbocycles. The number of nitrogens with zero attached hydrogens (tertiary/aromatic N) is 2. The van der Waals surface area contributed by atoms with Crippen LogP contribution in [0.3, 0.4) is 0 Å². The van der Waals surface area contributed by atoms with Gasteiger partial charge in [-0.2, -0.15) is 0 Å². The smallest absolute Gasteiger partial charge is 0.275 e. The maximum absolute atomic E-state index is 12.6. The number of nitrogens with two attached hydrogens (primary N) is 1. The molecule has 0 spiro atoms. The Morgan fingerprint density at radius 1 is 1.33 bits per heavy atom. The number of hydrogen-bond acceptors (Lipinski definition) is 4. The van der Waals surface area contributed by atoms with E-state index >= 15 is 0 Å². The lowest BCUT2D eigenvalue weighted by atomic mass is 10.1. The van der Waals surface area contributed by atoms with Crippen molar-refractivity contribution in [3.8, 4) is 17.1 Å². The van der Waals surface area contributed by atoms with Gasteiger partial charge in [0.1, 0.15) is 17.1 Å². The number of benzene rings is 1. The molecule has 24 heavy (non-hydrogen) atoms. The van der Waals surface area contributed by atoms with E-state index in [1.165, 1.54) is 0 Å². The van der Waals surface area contributed by atoms with Gasteiger partial charge < -0.3 is 20.0 Å². The molecule has 126 valence electrons. The second kappa shape index (κ2) is 6.39. The van der Waals surface area contributed by atoms with Crippen LogP contribution < -0.4 is 16.0 Å². The fourth-order valence-electron chi connectivity index (χ4n) is 2.97. The van der Waals surface area contributed by atoms with Crippen molar-refractivity contribution in [3.63, 3.8) is 0 Å². The first kappa shape index (κ1) is 16.1. The number of aromatic nitrogens is 3. The molecule has 0 amide bonds. The van der Waals surface area contributed by atoms with Crippen molar-refractivity contribution < 1.29 is 4.74 Å². The van der Waals surface area contributed by atoms with Gasteiger partial charge in [-0.25, -0.2) is 4.98 Å². The van der Waals surface area contributed by atoms with Crippen LogP contribution in [0.4, 0.5) is 5.69 Å². The fraction of sp³-hybridized carbons (Fsp3) is 0.333. The Morgan fingerprint density at radius 3 is 2.83 bits per heavy atom. The summed E-state index contributed by atoms with van der Waals surface area (Å²) in [5, 5.41) is 0. The van der Waals surface area contributed by atoms with Gasteiger partial charge in [-0.05, 0) is 37.1 Å². The SMILES string of the molecule is CCCc1cn(C)c2c(=O)[nH]c(-c3cc(N)ccc3OCC)nc12. The van der Waals surface area contributed by atoms with E-state index in [2.05, 4.69) is 11.9 Å². The monoisotopic (exact) mass is 326 g/mol. The zero-order chi connectivity index (χ0) is 17.3. The number of nitrogens with one attached hydrogen (secondary N) is 1. The standard InChI is InChI=1S/C18H22N4O2/c1-4-6-11-10-22(3)16-15(11)20-17(21-18(16)23)13-9-12(19)7-8-14(13)24-5-2/h7-10H,4-6,19H2,1-3H3,(H,20,21,23). The molecule has 3 rings (SSSR count). The summed E-state index contributed by atoms with van der Waals surface area (Å²) in [6.07, 6.45) is 3.84. The van der Waals surface area contributed by atoms with Crippen molar-refractivity contribution in [3.05, 3.63) is 40.3 Å². The molecular formula is C18H22N4O2. The van der Waals surface area contributed by atoms with Crippen LogP contribution in [-0.4, -0.2) is 21.1 Å².